The highest BCUT2D eigenvalue weighted by molar-refractivity contribution is 8.00. The van der Waals surface area contributed by atoms with E-state index in [0.717, 1.165) is 25.6 Å². The van der Waals surface area contributed by atoms with Gasteiger partial charge in [0.2, 0.25) is 0 Å². The summed E-state index contributed by atoms with van der Waals surface area (Å²) in [5.41, 5.74) is -4.08. The third-order valence-electron chi connectivity index (χ3n) is 3.21. The zero-order valence-corrected chi connectivity index (χ0v) is 9.91. The van der Waals surface area contributed by atoms with Gasteiger partial charge in [0.25, 0.3) is 0 Å². The van der Waals surface area contributed by atoms with Crippen LogP contribution in [0.2, 0.25) is 0 Å². The molecule has 16 heavy (non-hydrogen) atoms. The van der Waals surface area contributed by atoms with Gasteiger partial charge in [0, 0.05) is 38.0 Å². The third kappa shape index (κ3) is 3.82. The maximum Gasteiger partial charge on any atom is 0.441 e. The lowest BCUT2D eigenvalue weighted by atomic mass is 10.1. The number of piperazine rings is 1. The molecule has 1 N–H and O–H groups in total. The van der Waals surface area contributed by atoms with Crippen molar-refractivity contribution in [3.63, 3.8) is 0 Å². The number of alkyl halides is 3. The Hall–Kier alpha value is 0.0600. The fourth-order valence-corrected chi connectivity index (χ4v) is 2.83. The molecule has 0 bridgehead atoms. The van der Waals surface area contributed by atoms with Crippen molar-refractivity contribution >= 4 is 11.8 Å². The minimum Gasteiger partial charge on any atom is -0.314 e. The molecular weight excluding hydrogens is 237 g/mol. The van der Waals surface area contributed by atoms with Gasteiger partial charge >= 0.3 is 5.51 Å². The number of nitrogens with one attached hydrogen (secondary N) is 1. The standard InChI is InChI=1S/C10H17F3N2S/c11-10(12,13)16-6-5-15-4-3-14-7-9(15)8-1-2-8/h8-9,14H,1-7H2. The van der Waals surface area contributed by atoms with E-state index >= 15 is 0 Å². The van der Waals surface area contributed by atoms with E-state index in [2.05, 4.69) is 10.2 Å². The van der Waals surface area contributed by atoms with Gasteiger partial charge in [-0.2, -0.15) is 13.2 Å². The van der Waals surface area contributed by atoms with E-state index in [4.69, 9.17) is 0 Å². The Morgan fingerprint density at radius 2 is 2.06 bits per heavy atom. The van der Waals surface area contributed by atoms with Crippen LogP contribution < -0.4 is 5.32 Å². The zero-order valence-electron chi connectivity index (χ0n) is 9.09. The second-order valence-electron chi connectivity index (χ2n) is 4.44. The molecule has 2 aliphatic rings. The van der Waals surface area contributed by atoms with Crippen molar-refractivity contribution < 1.29 is 13.2 Å². The topological polar surface area (TPSA) is 15.3 Å². The normalized spacial score (nSPS) is 28.3. The van der Waals surface area contributed by atoms with Crippen molar-refractivity contribution in [1.82, 2.24) is 10.2 Å². The van der Waals surface area contributed by atoms with Crippen LogP contribution in [-0.2, 0) is 0 Å². The highest BCUT2D eigenvalue weighted by Crippen LogP contribution is 2.36. The van der Waals surface area contributed by atoms with Crippen LogP contribution in [0.5, 0.6) is 0 Å². The summed E-state index contributed by atoms with van der Waals surface area (Å²) in [7, 11) is 0. The zero-order chi connectivity index (χ0) is 11.6. The number of nitrogens with zero attached hydrogens (tertiary/aromatic N) is 1. The van der Waals surface area contributed by atoms with Gasteiger partial charge in [-0.25, -0.2) is 0 Å². The van der Waals surface area contributed by atoms with E-state index in [-0.39, 0.29) is 17.5 Å². The summed E-state index contributed by atoms with van der Waals surface area (Å²) >= 11 is 0.0993. The van der Waals surface area contributed by atoms with Gasteiger partial charge < -0.3 is 5.32 Å². The van der Waals surface area contributed by atoms with Gasteiger partial charge in [-0.3, -0.25) is 4.90 Å². The molecule has 94 valence electrons. The number of halogens is 3. The number of hydrogen-bond donors (Lipinski definition) is 1. The van der Waals surface area contributed by atoms with Crippen LogP contribution in [0.1, 0.15) is 12.8 Å². The van der Waals surface area contributed by atoms with E-state index in [1.807, 2.05) is 0 Å². The maximum absolute atomic E-state index is 12.0. The molecule has 1 saturated carbocycles. The molecule has 0 aromatic heterocycles. The van der Waals surface area contributed by atoms with Gasteiger partial charge in [-0.05, 0) is 30.5 Å². The summed E-state index contributed by atoms with van der Waals surface area (Å²) in [4.78, 5) is 2.23. The summed E-state index contributed by atoms with van der Waals surface area (Å²) in [6.45, 7) is 3.30. The Morgan fingerprint density at radius 1 is 1.31 bits per heavy atom. The van der Waals surface area contributed by atoms with Crippen molar-refractivity contribution in [3.8, 4) is 0 Å². The molecule has 1 heterocycles. The van der Waals surface area contributed by atoms with Gasteiger partial charge in [0.05, 0.1) is 0 Å². The minimum atomic E-state index is -4.08. The molecule has 2 fully saturated rings. The van der Waals surface area contributed by atoms with Crippen LogP contribution in [0.3, 0.4) is 0 Å². The SMILES string of the molecule is FC(F)(F)SCCN1CCNCC1C1CC1. The first-order chi connectivity index (χ1) is 7.56. The van der Waals surface area contributed by atoms with E-state index < -0.39 is 5.51 Å². The van der Waals surface area contributed by atoms with E-state index in [1.165, 1.54) is 12.8 Å². The van der Waals surface area contributed by atoms with Gasteiger partial charge in [0.15, 0.2) is 0 Å². The lowest BCUT2D eigenvalue weighted by Gasteiger charge is -2.36. The Kier molecular flexibility index (Phi) is 4.02. The molecule has 1 aliphatic heterocycles. The largest absolute Gasteiger partial charge is 0.441 e. The first-order valence-corrected chi connectivity index (χ1v) is 6.70. The maximum atomic E-state index is 12.0. The van der Waals surface area contributed by atoms with Gasteiger partial charge in [-0.15, -0.1) is 0 Å². The van der Waals surface area contributed by atoms with Crippen molar-refractivity contribution in [1.29, 1.82) is 0 Å². The van der Waals surface area contributed by atoms with Crippen molar-refractivity contribution in [2.24, 2.45) is 5.92 Å². The Morgan fingerprint density at radius 3 is 2.69 bits per heavy atom. The van der Waals surface area contributed by atoms with Crippen LogP contribution in [0.15, 0.2) is 0 Å². The fourth-order valence-electron chi connectivity index (χ4n) is 2.27. The van der Waals surface area contributed by atoms with Crippen molar-refractivity contribution in [3.05, 3.63) is 0 Å². The Bertz CT molecular complexity index is 231. The van der Waals surface area contributed by atoms with Crippen molar-refractivity contribution in [2.75, 3.05) is 31.9 Å². The third-order valence-corrected chi connectivity index (χ3v) is 3.92. The second-order valence-corrected chi connectivity index (χ2v) is 5.60. The monoisotopic (exact) mass is 254 g/mol. The lowest BCUT2D eigenvalue weighted by Crippen LogP contribution is -2.52. The molecule has 1 saturated heterocycles. The molecule has 1 aliphatic carbocycles. The lowest BCUT2D eigenvalue weighted by molar-refractivity contribution is -0.0329. The molecule has 0 spiro atoms. The molecule has 1 atom stereocenters. The fraction of sp³-hybridized carbons (Fsp3) is 1.00. The Balaban J connectivity index is 1.73. The first kappa shape index (κ1) is 12.5. The highest BCUT2D eigenvalue weighted by Gasteiger charge is 2.36. The summed E-state index contributed by atoms with van der Waals surface area (Å²) in [5, 5.41) is 3.32. The summed E-state index contributed by atoms with van der Waals surface area (Å²) < 4.78 is 36.0. The molecule has 1 unspecified atom stereocenters. The molecular formula is C10H17F3N2S. The molecule has 2 nitrogen and oxygen atoms in total. The van der Waals surface area contributed by atoms with E-state index in [1.54, 1.807) is 0 Å². The van der Waals surface area contributed by atoms with Crippen LogP contribution in [0.4, 0.5) is 13.2 Å². The molecule has 0 aromatic carbocycles. The average Bonchev–Trinajstić information content (AvgIpc) is 3.00. The first-order valence-electron chi connectivity index (χ1n) is 5.72. The van der Waals surface area contributed by atoms with Crippen LogP contribution in [0, 0.1) is 5.92 Å². The van der Waals surface area contributed by atoms with Gasteiger partial charge in [0.1, 0.15) is 0 Å². The average molecular weight is 254 g/mol. The number of rotatable bonds is 4. The van der Waals surface area contributed by atoms with Crippen LogP contribution in [0.25, 0.3) is 0 Å². The molecule has 2 rings (SSSR count). The van der Waals surface area contributed by atoms with E-state index in [9.17, 15) is 13.2 Å². The number of thioether (sulfide) groups is 1. The smallest absolute Gasteiger partial charge is 0.314 e. The second kappa shape index (κ2) is 5.14. The Labute approximate surface area is 97.9 Å². The van der Waals surface area contributed by atoms with E-state index in [0.29, 0.717) is 12.6 Å². The highest BCUT2D eigenvalue weighted by atomic mass is 32.2. The van der Waals surface area contributed by atoms with Gasteiger partial charge in [-0.1, -0.05) is 0 Å². The quantitative estimate of drug-likeness (QED) is 0.825. The van der Waals surface area contributed by atoms with Crippen LogP contribution in [-0.4, -0.2) is 48.4 Å². The predicted molar refractivity (Wildman–Crippen MR) is 59.5 cm³/mol. The predicted octanol–water partition coefficient (Wildman–Crippen LogP) is 1.92. The molecule has 6 heteroatoms. The minimum absolute atomic E-state index is 0.0993. The molecule has 0 amide bonds. The number of hydrogen-bond acceptors (Lipinski definition) is 3. The molecule has 0 aromatic rings. The summed E-state index contributed by atoms with van der Waals surface area (Å²) in [5.74, 6) is 0.885. The summed E-state index contributed by atoms with van der Waals surface area (Å²) in [6.07, 6.45) is 2.49. The van der Waals surface area contributed by atoms with Crippen molar-refractivity contribution in [2.45, 2.75) is 24.4 Å². The summed E-state index contributed by atoms with van der Waals surface area (Å²) in [6, 6.07) is 0.475. The van der Waals surface area contributed by atoms with Crippen LogP contribution >= 0.6 is 11.8 Å². The molecule has 0 radical (unpaired) electrons.